The summed E-state index contributed by atoms with van der Waals surface area (Å²) in [6.07, 6.45) is 6.65. The highest BCUT2D eigenvalue weighted by atomic mass is 127. The molecule has 0 bridgehead atoms. The summed E-state index contributed by atoms with van der Waals surface area (Å²) in [5, 5.41) is 6.77. The number of hydrogen-bond donors (Lipinski definition) is 2. The molecule has 1 aliphatic heterocycles. The zero-order chi connectivity index (χ0) is 21.7. The van der Waals surface area contributed by atoms with Crippen LogP contribution in [0.1, 0.15) is 38.2 Å². The fourth-order valence-electron chi connectivity index (χ4n) is 3.54. The molecule has 7 nitrogen and oxygen atoms in total. The maximum atomic E-state index is 6.12. The number of hydrogen-bond acceptors (Lipinski definition) is 5. The normalized spacial score (nSPS) is 14.4. The first-order chi connectivity index (χ1) is 15.3. The highest BCUT2D eigenvalue weighted by molar-refractivity contribution is 14.0. The number of para-hydroxylation sites is 2. The van der Waals surface area contributed by atoms with Gasteiger partial charge in [0.1, 0.15) is 0 Å². The zero-order valence-electron chi connectivity index (χ0n) is 19.2. The molecule has 32 heavy (non-hydrogen) atoms. The molecule has 0 spiro atoms. The van der Waals surface area contributed by atoms with Gasteiger partial charge in [-0.2, -0.15) is 0 Å². The number of aliphatic imine (C=N–C) groups is 1. The van der Waals surface area contributed by atoms with Crippen molar-refractivity contribution in [2.45, 2.75) is 39.2 Å². The number of halogens is 1. The third kappa shape index (κ3) is 8.46. The first-order valence-electron chi connectivity index (χ1n) is 11.3. The van der Waals surface area contributed by atoms with E-state index >= 15 is 0 Å². The van der Waals surface area contributed by atoms with E-state index in [0.717, 1.165) is 36.8 Å². The Kier molecular flexibility index (Phi) is 12.2. The Morgan fingerprint density at radius 3 is 2.59 bits per heavy atom. The van der Waals surface area contributed by atoms with Crippen LogP contribution in [-0.4, -0.2) is 55.7 Å². The topological polar surface area (TPSA) is 71.0 Å². The van der Waals surface area contributed by atoms with Crippen LogP contribution in [0.5, 0.6) is 17.4 Å². The molecule has 1 aliphatic rings. The van der Waals surface area contributed by atoms with Crippen LogP contribution in [0.3, 0.4) is 0 Å². The third-order valence-corrected chi connectivity index (χ3v) is 5.21. The molecular formula is C24H36IN5O2. The lowest BCUT2D eigenvalue weighted by molar-refractivity contribution is 0.232. The van der Waals surface area contributed by atoms with E-state index < -0.39 is 0 Å². The minimum atomic E-state index is 0. The second-order valence-corrected chi connectivity index (χ2v) is 7.62. The molecule has 0 aliphatic carbocycles. The minimum absolute atomic E-state index is 0. The van der Waals surface area contributed by atoms with Crippen LogP contribution in [-0.2, 0) is 6.54 Å². The van der Waals surface area contributed by atoms with Crippen LogP contribution in [0.15, 0.2) is 47.6 Å². The van der Waals surface area contributed by atoms with Crippen LogP contribution < -0.4 is 20.1 Å². The minimum Gasteiger partial charge on any atom is -0.490 e. The van der Waals surface area contributed by atoms with Crippen molar-refractivity contribution < 1.29 is 9.47 Å². The number of nitrogens with zero attached hydrogens (tertiary/aromatic N) is 3. The summed E-state index contributed by atoms with van der Waals surface area (Å²) in [5.41, 5.74) is 0.951. The van der Waals surface area contributed by atoms with Crippen LogP contribution >= 0.6 is 24.0 Å². The van der Waals surface area contributed by atoms with Gasteiger partial charge in [-0.25, -0.2) is 4.98 Å². The van der Waals surface area contributed by atoms with Crippen LogP contribution in [0.4, 0.5) is 0 Å². The number of ether oxygens (including phenoxy) is 2. The van der Waals surface area contributed by atoms with Gasteiger partial charge < -0.3 is 25.0 Å². The lowest BCUT2D eigenvalue weighted by Crippen LogP contribution is -2.42. The van der Waals surface area contributed by atoms with Gasteiger partial charge in [-0.3, -0.25) is 4.99 Å². The molecule has 0 atom stereocenters. The Morgan fingerprint density at radius 1 is 1.06 bits per heavy atom. The summed E-state index contributed by atoms with van der Waals surface area (Å²) in [6.45, 7) is 7.61. The van der Waals surface area contributed by atoms with E-state index in [9.17, 15) is 0 Å². The molecule has 2 heterocycles. The summed E-state index contributed by atoms with van der Waals surface area (Å²) < 4.78 is 11.9. The molecule has 1 aromatic heterocycles. The number of nitrogens with one attached hydrogen (secondary N) is 2. The average molecular weight is 553 g/mol. The molecule has 0 saturated carbocycles. The number of benzene rings is 1. The molecule has 0 unspecified atom stereocenters. The Labute approximate surface area is 209 Å². The number of pyridine rings is 1. The van der Waals surface area contributed by atoms with E-state index in [1.54, 1.807) is 13.2 Å². The van der Waals surface area contributed by atoms with Crippen molar-refractivity contribution >= 4 is 29.9 Å². The summed E-state index contributed by atoms with van der Waals surface area (Å²) >= 11 is 0. The smallest absolute Gasteiger partial charge is 0.224 e. The molecule has 2 aromatic rings. The zero-order valence-corrected chi connectivity index (χ0v) is 21.5. The van der Waals surface area contributed by atoms with Gasteiger partial charge in [0.15, 0.2) is 17.5 Å². The first kappa shape index (κ1) is 26.2. The van der Waals surface area contributed by atoms with Crippen molar-refractivity contribution in [3.63, 3.8) is 0 Å². The second kappa shape index (κ2) is 14.9. The average Bonchev–Trinajstić information content (AvgIpc) is 2.82. The molecule has 3 rings (SSSR count). The quantitative estimate of drug-likeness (QED) is 0.258. The van der Waals surface area contributed by atoms with E-state index in [2.05, 4.69) is 32.4 Å². The predicted molar refractivity (Wildman–Crippen MR) is 140 cm³/mol. The fourth-order valence-corrected chi connectivity index (χ4v) is 3.54. The van der Waals surface area contributed by atoms with E-state index in [0.29, 0.717) is 24.8 Å². The van der Waals surface area contributed by atoms with Crippen molar-refractivity contribution in [3.8, 4) is 17.4 Å². The van der Waals surface area contributed by atoms with Gasteiger partial charge >= 0.3 is 0 Å². The predicted octanol–water partition coefficient (Wildman–Crippen LogP) is 4.43. The van der Waals surface area contributed by atoms with Gasteiger partial charge in [-0.05, 0) is 50.6 Å². The molecule has 8 heteroatoms. The van der Waals surface area contributed by atoms with Crippen molar-refractivity contribution in [2.24, 2.45) is 4.99 Å². The SMILES string of the molecule is CCCOc1ccccc1Oc1ncccc1CNC(=NC)NCCN1CCCCC1.I. The first-order valence-corrected chi connectivity index (χ1v) is 11.3. The van der Waals surface area contributed by atoms with Gasteiger partial charge in [0.05, 0.1) is 6.61 Å². The number of guanidine groups is 1. The van der Waals surface area contributed by atoms with Crippen molar-refractivity contribution in [1.29, 1.82) is 0 Å². The molecule has 1 fully saturated rings. The molecule has 0 amide bonds. The molecule has 176 valence electrons. The van der Waals surface area contributed by atoms with Crippen molar-refractivity contribution in [1.82, 2.24) is 20.5 Å². The highest BCUT2D eigenvalue weighted by Gasteiger charge is 2.12. The van der Waals surface area contributed by atoms with Gasteiger partial charge in [0.2, 0.25) is 5.88 Å². The Hall–Kier alpha value is -2.07. The molecule has 1 saturated heterocycles. The maximum absolute atomic E-state index is 6.12. The van der Waals surface area contributed by atoms with Gasteiger partial charge in [0, 0.05) is 38.4 Å². The van der Waals surface area contributed by atoms with Crippen molar-refractivity contribution in [3.05, 3.63) is 48.2 Å². The maximum Gasteiger partial charge on any atom is 0.224 e. The summed E-state index contributed by atoms with van der Waals surface area (Å²) in [6, 6.07) is 11.6. The van der Waals surface area contributed by atoms with Crippen LogP contribution in [0, 0.1) is 0 Å². The standard InChI is InChI=1S/C24H35N5O2.HI/c1-3-18-30-21-11-5-6-12-22(21)31-23-20(10-9-13-26-23)19-28-24(25-2)27-14-17-29-15-7-4-8-16-29;/h5-6,9-13H,3-4,7-8,14-19H2,1-2H3,(H2,25,27,28);1H. The largest absolute Gasteiger partial charge is 0.490 e. The van der Waals surface area contributed by atoms with E-state index in [1.807, 2.05) is 36.4 Å². The monoisotopic (exact) mass is 553 g/mol. The summed E-state index contributed by atoms with van der Waals surface area (Å²) in [7, 11) is 1.79. The molecule has 1 aromatic carbocycles. The van der Waals surface area contributed by atoms with Gasteiger partial charge in [-0.15, -0.1) is 24.0 Å². The Balaban J connectivity index is 0.00000363. The van der Waals surface area contributed by atoms with Crippen LogP contribution in [0.25, 0.3) is 0 Å². The number of rotatable bonds is 10. The lowest BCUT2D eigenvalue weighted by Gasteiger charge is -2.26. The summed E-state index contributed by atoms with van der Waals surface area (Å²) in [4.78, 5) is 11.3. The highest BCUT2D eigenvalue weighted by Crippen LogP contribution is 2.31. The third-order valence-electron chi connectivity index (χ3n) is 5.21. The number of aromatic nitrogens is 1. The molecule has 2 N–H and O–H groups in total. The number of piperidine rings is 1. The fraction of sp³-hybridized carbons (Fsp3) is 0.500. The second-order valence-electron chi connectivity index (χ2n) is 7.62. The lowest BCUT2D eigenvalue weighted by atomic mass is 10.1. The molecule has 0 radical (unpaired) electrons. The number of likely N-dealkylation sites (tertiary alicyclic amines) is 1. The summed E-state index contributed by atoms with van der Waals surface area (Å²) in [5.74, 6) is 2.73. The van der Waals surface area contributed by atoms with E-state index in [1.165, 1.54) is 32.4 Å². The molecular weight excluding hydrogens is 517 g/mol. The van der Waals surface area contributed by atoms with E-state index in [4.69, 9.17) is 9.47 Å². The Morgan fingerprint density at radius 2 is 1.84 bits per heavy atom. The van der Waals surface area contributed by atoms with Gasteiger partial charge in [0.25, 0.3) is 0 Å². The van der Waals surface area contributed by atoms with Gasteiger partial charge in [-0.1, -0.05) is 31.5 Å². The van der Waals surface area contributed by atoms with Crippen LogP contribution in [0.2, 0.25) is 0 Å². The van der Waals surface area contributed by atoms with E-state index in [-0.39, 0.29) is 24.0 Å². The van der Waals surface area contributed by atoms with Crippen molar-refractivity contribution in [2.75, 3.05) is 39.8 Å². The Bertz CT molecular complexity index is 828.